The number of anilines is 1. The Kier molecular flexibility index (Phi) is 4.50. The Labute approximate surface area is 132 Å². The van der Waals surface area contributed by atoms with Crippen molar-refractivity contribution in [2.75, 3.05) is 5.32 Å². The van der Waals surface area contributed by atoms with Crippen molar-refractivity contribution in [2.45, 2.75) is 13.1 Å². The molecule has 0 fully saturated rings. The standard InChI is InChI=1S/C14H10F3IN2O/c1-8-12(18)6-11(7-19-8)20-13(21)9-3-2-4-10(5-9)14(15,16)17/h2-7H,1H3,(H,20,21). The molecule has 3 nitrogen and oxygen atoms in total. The lowest BCUT2D eigenvalue weighted by molar-refractivity contribution is -0.137. The molecule has 0 bridgehead atoms. The Morgan fingerprint density at radius 1 is 1.29 bits per heavy atom. The van der Waals surface area contributed by atoms with E-state index in [2.05, 4.69) is 32.9 Å². The molecule has 0 atom stereocenters. The summed E-state index contributed by atoms with van der Waals surface area (Å²) in [5.74, 6) is -0.609. The zero-order chi connectivity index (χ0) is 15.6. The summed E-state index contributed by atoms with van der Waals surface area (Å²) >= 11 is 2.06. The summed E-state index contributed by atoms with van der Waals surface area (Å²) < 4.78 is 38.7. The van der Waals surface area contributed by atoms with Crippen LogP contribution < -0.4 is 5.32 Å². The first-order valence-electron chi connectivity index (χ1n) is 5.88. The van der Waals surface area contributed by atoms with Gasteiger partial charge in [0.15, 0.2) is 0 Å². The maximum atomic E-state index is 12.6. The molecule has 2 aromatic rings. The third-order valence-electron chi connectivity index (χ3n) is 2.74. The highest BCUT2D eigenvalue weighted by atomic mass is 127. The molecule has 0 unspecified atom stereocenters. The maximum Gasteiger partial charge on any atom is 0.416 e. The molecular weight excluding hydrogens is 396 g/mol. The molecule has 2 rings (SSSR count). The summed E-state index contributed by atoms with van der Waals surface area (Å²) in [6.45, 7) is 1.82. The van der Waals surface area contributed by atoms with Crippen LogP contribution >= 0.6 is 22.6 Å². The van der Waals surface area contributed by atoms with Crippen LogP contribution in [-0.4, -0.2) is 10.9 Å². The lowest BCUT2D eigenvalue weighted by atomic mass is 10.1. The highest BCUT2D eigenvalue weighted by molar-refractivity contribution is 14.1. The van der Waals surface area contributed by atoms with Crippen LogP contribution in [0.4, 0.5) is 18.9 Å². The number of pyridine rings is 1. The van der Waals surface area contributed by atoms with E-state index in [0.29, 0.717) is 5.69 Å². The highest BCUT2D eigenvalue weighted by Crippen LogP contribution is 2.29. The second-order valence-corrected chi connectivity index (χ2v) is 5.49. The van der Waals surface area contributed by atoms with Crippen LogP contribution in [0.1, 0.15) is 21.6 Å². The number of rotatable bonds is 2. The minimum atomic E-state index is -4.48. The Bertz CT molecular complexity index is 686. The van der Waals surface area contributed by atoms with Crippen molar-refractivity contribution in [1.82, 2.24) is 4.98 Å². The van der Waals surface area contributed by atoms with Gasteiger partial charge in [0.1, 0.15) is 0 Å². The normalized spacial score (nSPS) is 11.3. The van der Waals surface area contributed by atoms with Crippen LogP contribution in [0.15, 0.2) is 36.5 Å². The summed E-state index contributed by atoms with van der Waals surface area (Å²) in [5.41, 5.74) is 0.340. The number of hydrogen-bond acceptors (Lipinski definition) is 2. The molecule has 0 radical (unpaired) electrons. The van der Waals surface area contributed by atoms with E-state index in [0.717, 1.165) is 21.4 Å². The van der Waals surface area contributed by atoms with Crippen LogP contribution in [0, 0.1) is 10.5 Å². The number of amides is 1. The van der Waals surface area contributed by atoms with Gasteiger partial charge in [-0.1, -0.05) is 6.07 Å². The lowest BCUT2D eigenvalue weighted by Crippen LogP contribution is -2.14. The van der Waals surface area contributed by atoms with Gasteiger partial charge in [0.2, 0.25) is 0 Å². The fourth-order valence-corrected chi connectivity index (χ4v) is 2.09. The average Bonchev–Trinajstić information content (AvgIpc) is 2.42. The zero-order valence-corrected chi connectivity index (χ0v) is 13.0. The van der Waals surface area contributed by atoms with Crippen LogP contribution in [0.5, 0.6) is 0 Å². The topological polar surface area (TPSA) is 42.0 Å². The summed E-state index contributed by atoms with van der Waals surface area (Å²) in [7, 11) is 0. The maximum absolute atomic E-state index is 12.6. The SMILES string of the molecule is Cc1ncc(NC(=O)c2cccc(C(F)(F)F)c2)cc1I. The monoisotopic (exact) mass is 406 g/mol. The summed E-state index contributed by atoms with van der Waals surface area (Å²) in [6, 6.07) is 5.98. The fourth-order valence-electron chi connectivity index (χ4n) is 1.61. The van der Waals surface area contributed by atoms with Gasteiger partial charge < -0.3 is 5.32 Å². The van der Waals surface area contributed by atoms with Crippen molar-refractivity contribution in [3.63, 3.8) is 0 Å². The van der Waals surface area contributed by atoms with Crippen molar-refractivity contribution in [2.24, 2.45) is 0 Å². The third kappa shape index (κ3) is 3.93. The van der Waals surface area contributed by atoms with Crippen molar-refractivity contribution < 1.29 is 18.0 Å². The van der Waals surface area contributed by atoms with E-state index in [1.807, 2.05) is 6.92 Å². The first-order valence-corrected chi connectivity index (χ1v) is 6.96. The summed E-state index contributed by atoms with van der Waals surface area (Å²) in [4.78, 5) is 16.1. The van der Waals surface area contributed by atoms with Gasteiger partial charge in [-0.3, -0.25) is 9.78 Å². The van der Waals surface area contributed by atoms with E-state index in [4.69, 9.17) is 0 Å². The van der Waals surface area contributed by atoms with Gasteiger partial charge in [-0.15, -0.1) is 0 Å². The number of benzene rings is 1. The van der Waals surface area contributed by atoms with Crippen LogP contribution in [0.2, 0.25) is 0 Å². The Hall–Kier alpha value is -1.64. The van der Waals surface area contributed by atoms with Crippen LogP contribution in [-0.2, 0) is 6.18 Å². The zero-order valence-electron chi connectivity index (χ0n) is 10.8. The molecule has 0 saturated heterocycles. The molecule has 1 aromatic carbocycles. The average molecular weight is 406 g/mol. The highest BCUT2D eigenvalue weighted by Gasteiger charge is 2.30. The summed E-state index contributed by atoms with van der Waals surface area (Å²) in [5, 5.41) is 2.53. The number of nitrogens with one attached hydrogen (secondary N) is 1. The predicted octanol–water partition coefficient (Wildman–Crippen LogP) is 4.27. The second kappa shape index (κ2) is 6.00. The molecular formula is C14H10F3IN2O. The molecule has 7 heteroatoms. The smallest absolute Gasteiger partial charge is 0.321 e. The largest absolute Gasteiger partial charge is 0.416 e. The van der Waals surface area contributed by atoms with Crippen molar-refractivity contribution >= 4 is 34.2 Å². The molecule has 1 heterocycles. The molecule has 0 aliphatic heterocycles. The lowest BCUT2D eigenvalue weighted by Gasteiger charge is -2.09. The molecule has 0 spiro atoms. The van der Waals surface area contributed by atoms with E-state index in [1.54, 1.807) is 6.07 Å². The van der Waals surface area contributed by atoms with Crippen molar-refractivity contribution in [3.05, 3.63) is 56.9 Å². The first kappa shape index (κ1) is 15.7. The van der Waals surface area contributed by atoms with Crippen LogP contribution in [0.3, 0.4) is 0 Å². The van der Waals surface area contributed by atoms with Gasteiger partial charge in [0.25, 0.3) is 5.91 Å². The first-order chi connectivity index (χ1) is 9.77. The Balaban J connectivity index is 2.22. The summed E-state index contributed by atoms with van der Waals surface area (Å²) in [6.07, 6.45) is -3.01. The second-order valence-electron chi connectivity index (χ2n) is 4.32. The molecule has 0 saturated carbocycles. The molecule has 0 aliphatic rings. The number of aryl methyl sites for hydroxylation is 1. The quantitative estimate of drug-likeness (QED) is 0.758. The Morgan fingerprint density at radius 3 is 2.62 bits per heavy atom. The van der Waals surface area contributed by atoms with Gasteiger partial charge in [0, 0.05) is 9.13 Å². The number of aromatic nitrogens is 1. The van der Waals surface area contributed by atoms with Gasteiger partial charge in [-0.25, -0.2) is 0 Å². The van der Waals surface area contributed by atoms with Crippen molar-refractivity contribution in [1.29, 1.82) is 0 Å². The van der Waals surface area contributed by atoms with Gasteiger partial charge in [-0.2, -0.15) is 13.2 Å². The minimum Gasteiger partial charge on any atom is -0.321 e. The third-order valence-corrected chi connectivity index (χ3v) is 3.83. The van der Waals surface area contributed by atoms with E-state index in [9.17, 15) is 18.0 Å². The van der Waals surface area contributed by atoms with Gasteiger partial charge in [-0.05, 0) is 53.8 Å². The number of nitrogens with zero attached hydrogens (tertiary/aromatic N) is 1. The number of carbonyl (C=O) groups is 1. The Morgan fingerprint density at radius 2 is 2.00 bits per heavy atom. The van der Waals surface area contributed by atoms with E-state index in [1.165, 1.54) is 18.3 Å². The van der Waals surface area contributed by atoms with E-state index in [-0.39, 0.29) is 5.56 Å². The molecule has 1 N–H and O–H groups in total. The van der Waals surface area contributed by atoms with Crippen LogP contribution in [0.25, 0.3) is 0 Å². The number of alkyl halides is 3. The predicted molar refractivity (Wildman–Crippen MR) is 81.1 cm³/mol. The van der Waals surface area contributed by atoms with Gasteiger partial charge >= 0.3 is 6.18 Å². The molecule has 1 amide bonds. The molecule has 110 valence electrons. The minimum absolute atomic E-state index is 0.0552. The number of carbonyl (C=O) groups excluding carboxylic acids is 1. The number of halogens is 4. The molecule has 21 heavy (non-hydrogen) atoms. The van der Waals surface area contributed by atoms with Gasteiger partial charge in [0.05, 0.1) is 23.1 Å². The number of hydrogen-bond donors (Lipinski definition) is 1. The fraction of sp³-hybridized carbons (Fsp3) is 0.143. The molecule has 1 aromatic heterocycles. The van der Waals surface area contributed by atoms with E-state index >= 15 is 0 Å². The van der Waals surface area contributed by atoms with Crippen molar-refractivity contribution in [3.8, 4) is 0 Å². The van der Waals surface area contributed by atoms with E-state index < -0.39 is 17.6 Å². The molecule has 0 aliphatic carbocycles.